The minimum Gasteiger partial charge on any atom is -0.218 e. The highest BCUT2D eigenvalue weighted by Crippen LogP contribution is 2.43. The van der Waals surface area contributed by atoms with Gasteiger partial charge in [0.2, 0.25) is 9.84 Å². The Balaban J connectivity index is 2.44. The molecule has 0 amide bonds. The maximum Gasteiger partial charge on any atom is 0.207 e. The monoisotopic (exact) mass is 411 g/mol. The number of rotatable bonds is 3. The Hall–Kier alpha value is -2.10. The van der Waals surface area contributed by atoms with Crippen molar-refractivity contribution >= 4 is 21.4 Å². The van der Waals surface area contributed by atoms with Gasteiger partial charge in [0.25, 0.3) is 0 Å². The van der Waals surface area contributed by atoms with Gasteiger partial charge >= 0.3 is 0 Å². The molecule has 0 saturated carbocycles. The quantitative estimate of drug-likeness (QED) is 0.489. The van der Waals surface area contributed by atoms with Gasteiger partial charge in [-0.25, -0.2) is 8.42 Å². The van der Waals surface area contributed by atoms with Crippen LogP contribution in [0.2, 0.25) is 5.02 Å². The zero-order chi connectivity index (χ0) is 20.7. The summed E-state index contributed by atoms with van der Waals surface area (Å²) in [5.74, 6) is 0. The molecule has 0 saturated heterocycles. The topological polar surface area (TPSA) is 34.1 Å². The lowest BCUT2D eigenvalue weighted by atomic mass is 9.81. The van der Waals surface area contributed by atoms with E-state index in [9.17, 15) is 8.42 Å². The van der Waals surface area contributed by atoms with Crippen molar-refractivity contribution in [3.05, 3.63) is 82.4 Å². The lowest BCUT2D eigenvalue weighted by molar-refractivity contribution is 0.590. The summed E-state index contributed by atoms with van der Waals surface area (Å²) in [5.41, 5.74) is 3.74. The molecule has 0 N–H and O–H groups in total. The summed E-state index contributed by atoms with van der Waals surface area (Å²) in [7, 11) is -3.72. The zero-order valence-corrected chi connectivity index (χ0v) is 18.4. The maximum absolute atomic E-state index is 13.5. The van der Waals surface area contributed by atoms with Crippen molar-refractivity contribution in [2.45, 2.75) is 49.8 Å². The summed E-state index contributed by atoms with van der Waals surface area (Å²) >= 11 is 6.64. The number of aryl methyl sites for hydroxylation is 2. The summed E-state index contributed by atoms with van der Waals surface area (Å²) in [6, 6.07) is 19.2. The summed E-state index contributed by atoms with van der Waals surface area (Å²) < 4.78 is 27.1. The van der Waals surface area contributed by atoms with E-state index in [0.717, 1.165) is 22.3 Å². The van der Waals surface area contributed by atoms with Crippen LogP contribution in [-0.2, 0) is 15.3 Å². The first-order chi connectivity index (χ1) is 13.0. The predicted molar refractivity (Wildman–Crippen MR) is 116 cm³/mol. The van der Waals surface area contributed by atoms with Crippen LogP contribution in [0.15, 0.2) is 64.4 Å². The second kappa shape index (κ2) is 7.38. The van der Waals surface area contributed by atoms with Gasteiger partial charge in [0.15, 0.2) is 0 Å². The lowest BCUT2D eigenvalue weighted by Gasteiger charge is -2.26. The van der Waals surface area contributed by atoms with E-state index in [1.54, 1.807) is 36.4 Å². The SMILES string of the molecule is Cc1[c]c(C)c(-c2c(Cl)cccc2C(C)(C)C)c(S(=O)(=O)c2ccccc2)c1. The minimum absolute atomic E-state index is 0.203. The smallest absolute Gasteiger partial charge is 0.207 e. The highest BCUT2D eigenvalue weighted by Gasteiger charge is 2.28. The molecule has 28 heavy (non-hydrogen) atoms. The van der Waals surface area contributed by atoms with Gasteiger partial charge in [0.1, 0.15) is 0 Å². The van der Waals surface area contributed by atoms with Crippen LogP contribution in [0, 0.1) is 19.9 Å². The molecular formula is C24H24ClO2S. The Morgan fingerprint density at radius 2 is 1.54 bits per heavy atom. The van der Waals surface area contributed by atoms with Crippen molar-refractivity contribution in [3.63, 3.8) is 0 Å². The van der Waals surface area contributed by atoms with E-state index in [1.165, 1.54) is 0 Å². The standard InChI is InChI=1S/C24H24ClO2S/c1-16-14-17(2)22(23-19(24(3,4)5)12-9-13-20(23)25)21(15-16)28(26,27)18-10-7-6-8-11-18/h6-13,15H,1-5H3. The Bertz CT molecular complexity index is 1130. The molecule has 0 bridgehead atoms. The third-order valence-corrected chi connectivity index (χ3v) is 6.88. The highest BCUT2D eigenvalue weighted by molar-refractivity contribution is 7.91. The number of sulfone groups is 1. The molecule has 3 aromatic carbocycles. The van der Waals surface area contributed by atoms with Crippen LogP contribution < -0.4 is 0 Å². The predicted octanol–water partition coefficient (Wildman–Crippen LogP) is 6.55. The third-order valence-electron chi connectivity index (χ3n) is 4.77. The van der Waals surface area contributed by atoms with Crippen LogP contribution in [0.3, 0.4) is 0 Å². The van der Waals surface area contributed by atoms with E-state index in [2.05, 4.69) is 26.8 Å². The van der Waals surface area contributed by atoms with Crippen molar-refractivity contribution in [1.29, 1.82) is 0 Å². The van der Waals surface area contributed by atoms with Crippen LogP contribution >= 0.6 is 11.6 Å². The fraction of sp³-hybridized carbons (Fsp3) is 0.250. The van der Waals surface area contributed by atoms with Crippen molar-refractivity contribution in [2.75, 3.05) is 0 Å². The molecule has 0 fully saturated rings. The molecule has 145 valence electrons. The van der Waals surface area contributed by atoms with Gasteiger partial charge in [-0.15, -0.1) is 0 Å². The summed E-state index contributed by atoms with van der Waals surface area (Å²) in [5, 5.41) is 0.539. The Labute approximate surface area is 173 Å². The Kier molecular flexibility index (Phi) is 5.44. The average Bonchev–Trinajstić information content (AvgIpc) is 2.61. The number of benzene rings is 3. The molecule has 1 radical (unpaired) electrons. The number of halogens is 1. The first-order valence-electron chi connectivity index (χ1n) is 9.16. The van der Waals surface area contributed by atoms with Crippen LogP contribution in [0.5, 0.6) is 0 Å². The Morgan fingerprint density at radius 3 is 2.14 bits per heavy atom. The molecule has 3 aromatic rings. The molecular weight excluding hydrogens is 388 g/mol. The van der Waals surface area contributed by atoms with Gasteiger partial charge in [0, 0.05) is 16.1 Å². The third kappa shape index (κ3) is 3.74. The molecule has 0 aliphatic carbocycles. The highest BCUT2D eigenvalue weighted by atomic mass is 35.5. The van der Waals surface area contributed by atoms with E-state index in [1.807, 2.05) is 32.0 Å². The lowest BCUT2D eigenvalue weighted by Crippen LogP contribution is -2.14. The zero-order valence-electron chi connectivity index (χ0n) is 16.8. The van der Waals surface area contributed by atoms with Crippen LogP contribution in [0.4, 0.5) is 0 Å². The molecule has 3 rings (SSSR count). The molecule has 0 aliphatic rings. The molecule has 0 unspecified atom stereocenters. The van der Waals surface area contributed by atoms with E-state index in [4.69, 9.17) is 11.6 Å². The van der Waals surface area contributed by atoms with Crippen molar-refractivity contribution in [3.8, 4) is 11.1 Å². The van der Waals surface area contributed by atoms with Crippen LogP contribution in [0.1, 0.15) is 37.5 Å². The summed E-state index contributed by atoms with van der Waals surface area (Å²) in [4.78, 5) is 0.539. The fourth-order valence-electron chi connectivity index (χ4n) is 3.50. The largest absolute Gasteiger partial charge is 0.218 e. The second-order valence-corrected chi connectivity index (χ2v) is 10.4. The average molecular weight is 412 g/mol. The molecule has 0 heterocycles. The van der Waals surface area contributed by atoms with Crippen molar-refractivity contribution in [1.82, 2.24) is 0 Å². The normalized spacial score (nSPS) is 12.2. The van der Waals surface area contributed by atoms with E-state index < -0.39 is 9.84 Å². The first kappa shape index (κ1) is 20.6. The van der Waals surface area contributed by atoms with Gasteiger partial charge in [-0.1, -0.05) is 62.7 Å². The van der Waals surface area contributed by atoms with Crippen LogP contribution in [-0.4, -0.2) is 8.42 Å². The fourth-order valence-corrected chi connectivity index (χ4v) is 5.39. The van der Waals surface area contributed by atoms with Gasteiger partial charge in [0.05, 0.1) is 9.79 Å². The van der Waals surface area contributed by atoms with Gasteiger partial charge < -0.3 is 0 Å². The summed E-state index contributed by atoms with van der Waals surface area (Å²) in [6.07, 6.45) is 0. The van der Waals surface area contributed by atoms with Crippen LogP contribution in [0.25, 0.3) is 11.1 Å². The van der Waals surface area contributed by atoms with Gasteiger partial charge in [-0.05, 0) is 66.3 Å². The second-order valence-electron chi connectivity index (χ2n) is 8.05. The maximum atomic E-state index is 13.5. The van der Waals surface area contributed by atoms with E-state index in [0.29, 0.717) is 10.6 Å². The van der Waals surface area contributed by atoms with E-state index >= 15 is 0 Å². The number of hydrogen-bond donors (Lipinski definition) is 0. The molecule has 2 nitrogen and oxygen atoms in total. The molecule has 0 spiro atoms. The number of hydrogen-bond acceptors (Lipinski definition) is 2. The van der Waals surface area contributed by atoms with Crippen molar-refractivity contribution < 1.29 is 8.42 Å². The molecule has 4 heteroatoms. The van der Waals surface area contributed by atoms with Crippen molar-refractivity contribution in [2.24, 2.45) is 0 Å². The van der Waals surface area contributed by atoms with E-state index in [-0.39, 0.29) is 15.2 Å². The molecule has 0 aliphatic heterocycles. The molecule has 0 aromatic heterocycles. The Morgan fingerprint density at radius 1 is 0.893 bits per heavy atom. The van der Waals surface area contributed by atoms with Gasteiger partial charge in [-0.3, -0.25) is 0 Å². The molecule has 0 atom stereocenters. The first-order valence-corrected chi connectivity index (χ1v) is 11.0. The van der Waals surface area contributed by atoms with Gasteiger partial charge in [-0.2, -0.15) is 0 Å². The summed E-state index contributed by atoms with van der Waals surface area (Å²) in [6.45, 7) is 10.0. The minimum atomic E-state index is -3.72.